The summed E-state index contributed by atoms with van der Waals surface area (Å²) in [7, 11) is 1.26. The number of anilines is 1. The van der Waals surface area contributed by atoms with Crippen molar-refractivity contribution in [2.24, 2.45) is 5.73 Å². The summed E-state index contributed by atoms with van der Waals surface area (Å²) in [5, 5.41) is 4.15. The number of primary amides is 1. The van der Waals surface area contributed by atoms with E-state index in [1.54, 1.807) is 0 Å². The molecule has 0 aliphatic heterocycles. The molecule has 0 spiro atoms. The molecule has 1 aromatic rings. The number of nitrogens with zero attached hydrogens (tertiary/aromatic N) is 1. The van der Waals surface area contributed by atoms with Crippen molar-refractivity contribution >= 4 is 23.5 Å². The van der Waals surface area contributed by atoms with Crippen molar-refractivity contribution in [2.75, 3.05) is 25.5 Å². The molecule has 0 saturated heterocycles. The van der Waals surface area contributed by atoms with Gasteiger partial charge in [-0.2, -0.15) is 13.2 Å². The second-order valence-corrected chi connectivity index (χ2v) is 4.56. The molecule has 23 heavy (non-hydrogen) atoms. The number of para-hydroxylation sites is 1. The number of hydrogen-bond acceptors (Lipinski definition) is 3. The molecule has 0 aliphatic carbocycles. The molecule has 4 N–H and O–H groups in total. The molecular weight excluding hydrogens is 317 g/mol. The fraction of sp³-hybridized carbons (Fsp3) is 0.308. The summed E-state index contributed by atoms with van der Waals surface area (Å²) in [5.41, 5.74) is 3.41. The fourth-order valence-corrected chi connectivity index (χ4v) is 1.63. The van der Waals surface area contributed by atoms with Crippen LogP contribution >= 0.6 is 0 Å². The van der Waals surface area contributed by atoms with Crippen molar-refractivity contribution in [2.45, 2.75) is 6.18 Å². The predicted octanol–water partition coefficient (Wildman–Crippen LogP) is 0.771. The van der Waals surface area contributed by atoms with Gasteiger partial charge in [-0.3, -0.25) is 9.59 Å². The first-order valence-corrected chi connectivity index (χ1v) is 6.34. The molecule has 0 aliphatic rings. The smallest absolute Gasteiger partial charge is 0.352 e. The van der Waals surface area contributed by atoms with Crippen LogP contribution in [0.2, 0.25) is 0 Å². The van der Waals surface area contributed by atoms with Gasteiger partial charge in [0.15, 0.2) is 0 Å². The normalized spacial score (nSPS) is 10.8. The van der Waals surface area contributed by atoms with E-state index < -0.39 is 48.4 Å². The molecule has 4 amide bonds. The highest BCUT2D eigenvalue weighted by atomic mass is 19.4. The van der Waals surface area contributed by atoms with Gasteiger partial charge in [0.2, 0.25) is 11.8 Å². The van der Waals surface area contributed by atoms with Crippen LogP contribution in [0.5, 0.6) is 0 Å². The van der Waals surface area contributed by atoms with E-state index in [0.717, 1.165) is 17.0 Å². The molecular formula is C13H15F3N4O3. The van der Waals surface area contributed by atoms with E-state index in [0.29, 0.717) is 0 Å². The standard InChI is InChI=1S/C13H15F3N4O3/c1-20(11(22)6-18-12(17)23)7-10(21)19-9-5-3-2-4-8(9)13(14,15)16/h2-5H,6-7H2,1H3,(H,19,21)(H3,17,18,23). The van der Waals surface area contributed by atoms with Gasteiger partial charge in [0.25, 0.3) is 0 Å². The van der Waals surface area contributed by atoms with Crippen molar-refractivity contribution in [1.29, 1.82) is 0 Å². The van der Waals surface area contributed by atoms with Gasteiger partial charge in [-0.05, 0) is 12.1 Å². The van der Waals surface area contributed by atoms with Crippen LogP contribution in [0.25, 0.3) is 0 Å². The number of halogens is 3. The number of amides is 4. The zero-order valence-corrected chi connectivity index (χ0v) is 12.1. The minimum Gasteiger partial charge on any atom is -0.352 e. The Bertz CT molecular complexity index is 604. The molecule has 0 bridgehead atoms. The van der Waals surface area contributed by atoms with Crippen LogP contribution in [0.15, 0.2) is 24.3 Å². The number of nitrogens with two attached hydrogens (primary N) is 1. The van der Waals surface area contributed by atoms with E-state index in [-0.39, 0.29) is 0 Å². The monoisotopic (exact) mass is 332 g/mol. The van der Waals surface area contributed by atoms with E-state index >= 15 is 0 Å². The number of alkyl halides is 3. The maximum Gasteiger partial charge on any atom is 0.418 e. The Balaban J connectivity index is 2.67. The minimum atomic E-state index is -4.61. The Labute approximate surface area is 129 Å². The van der Waals surface area contributed by atoms with Crippen LogP contribution in [-0.2, 0) is 15.8 Å². The van der Waals surface area contributed by atoms with E-state index in [9.17, 15) is 27.6 Å². The van der Waals surface area contributed by atoms with Crippen molar-refractivity contribution < 1.29 is 27.6 Å². The molecule has 7 nitrogen and oxygen atoms in total. The quantitative estimate of drug-likeness (QED) is 0.742. The predicted molar refractivity (Wildman–Crippen MR) is 75.3 cm³/mol. The first kappa shape index (κ1) is 18.3. The summed E-state index contributed by atoms with van der Waals surface area (Å²) < 4.78 is 38.4. The lowest BCUT2D eigenvalue weighted by molar-refractivity contribution is -0.137. The molecule has 1 aromatic carbocycles. The van der Waals surface area contributed by atoms with Gasteiger partial charge in [0.05, 0.1) is 24.3 Å². The molecule has 0 atom stereocenters. The topological polar surface area (TPSA) is 105 Å². The summed E-state index contributed by atoms with van der Waals surface area (Å²) in [4.78, 5) is 34.7. The molecule has 0 unspecified atom stereocenters. The van der Waals surface area contributed by atoms with E-state index in [4.69, 9.17) is 5.73 Å². The maximum absolute atomic E-state index is 12.8. The molecule has 0 fully saturated rings. The molecule has 0 aromatic heterocycles. The fourth-order valence-electron chi connectivity index (χ4n) is 1.63. The average molecular weight is 332 g/mol. The van der Waals surface area contributed by atoms with Gasteiger partial charge in [0.1, 0.15) is 0 Å². The van der Waals surface area contributed by atoms with Crippen LogP contribution < -0.4 is 16.4 Å². The van der Waals surface area contributed by atoms with Crippen molar-refractivity contribution in [1.82, 2.24) is 10.2 Å². The second kappa shape index (κ2) is 7.47. The third-order valence-corrected chi connectivity index (χ3v) is 2.73. The summed E-state index contributed by atoms with van der Waals surface area (Å²) in [6.07, 6.45) is -4.61. The maximum atomic E-state index is 12.8. The second-order valence-electron chi connectivity index (χ2n) is 4.56. The lowest BCUT2D eigenvalue weighted by Crippen LogP contribution is -2.42. The Hall–Kier alpha value is -2.78. The van der Waals surface area contributed by atoms with Gasteiger partial charge in [0, 0.05) is 7.05 Å². The summed E-state index contributed by atoms with van der Waals surface area (Å²) in [6.45, 7) is -0.899. The third-order valence-electron chi connectivity index (χ3n) is 2.73. The summed E-state index contributed by atoms with van der Waals surface area (Å²) >= 11 is 0. The number of nitrogens with one attached hydrogen (secondary N) is 2. The van der Waals surface area contributed by atoms with E-state index in [1.165, 1.54) is 19.2 Å². The first-order valence-electron chi connectivity index (χ1n) is 6.34. The van der Waals surface area contributed by atoms with Crippen molar-refractivity contribution in [3.63, 3.8) is 0 Å². The van der Waals surface area contributed by atoms with Gasteiger partial charge in [-0.25, -0.2) is 4.79 Å². The Morgan fingerprint density at radius 2 is 1.83 bits per heavy atom. The molecule has 0 radical (unpaired) electrons. The van der Waals surface area contributed by atoms with Crippen molar-refractivity contribution in [3.05, 3.63) is 29.8 Å². The molecule has 126 valence electrons. The highest BCUT2D eigenvalue weighted by Crippen LogP contribution is 2.34. The van der Waals surface area contributed by atoms with Crippen molar-refractivity contribution in [3.8, 4) is 0 Å². The summed E-state index contributed by atoms with van der Waals surface area (Å²) in [5.74, 6) is -1.43. The van der Waals surface area contributed by atoms with Gasteiger partial charge >= 0.3 is 12.2 Å². The number of benzene rings is 1. The molecule has 0 heterocycles. The largest absolute Gasteiger partial charge is 0.418 e. The zero-order valence-electron chi connectivity index (χ0n) is 12.1. The number of carbonyl (C=O) groups is 3. The lowest BCUT2D eigenvalue weighted by Gasteiger charge is -2.18. The Morgan fingerprint density at radius 3 is 2.39 bits per heavy atom. The van der Waals surface area contributed by atoms with Crippen LogP contribution in [-0.4, -0.2) is 42.9 Å². The number of carbonyl (C=O) groups excluding carboxylic acids is 3. The van der Waals surface area contributed by atoms with Crippen LogP contribution in [0, 0.1) is 0 Å². The highest BCUT2D eigenvalue weighted by molar-refractivity contribution is 5.95. The van der Waals surface area contributed by atoms with E-state index in [1.807, 2.05) is 5.32 Å². The molecule has 1 rings (SSSR count). The molecule has 0 saturated carbocycles. The lowest BCUT2D eigenvalue weighted by atomic mass is 10.1. The van der Waals surface area contributed by atoms with Gasteiger partial charge in [-0.1, -0.05) is 12.1 Å². The number of rotatable bonds is 5. The van der Waals surface area contributed by atoms with Gasteiger partial charge in [-0.15, -0.1) is 0 Å². The van der Waals surface area contributed by atoms with Crippen LogP contribution in [0.1, 0.15) is 5.56 Å². The third kappa shape index (κ3) is 5.85. The van der Waals surface area contributed by atoms with Gasteiger partial charge < -0.3 is 21.3 Å². The Morgan fingerprint density at radius 1 is 1.22 bits per heavy atom. The minimum absolute atomic E-state index is 0.402. The summed E-state index contributed by atoms with van der Waals surface area (Å²) in [6, 6.07) is 3.58. The van der Waals surface area contributed by atoms with Crippen LogP contribution in [0.3, 0.4) is 0 Å². The number of likely N-dealkylation sites (N-methyl/N-ethyl adjacent to an activating group) is 1. The Kier molecular flexibility index (Phi) is 5.94. The molecule has 10 heteroatoms. The zero-order chi connectivity index (χ0) is 17.6. The highest BCUT2D eigenvalue weighted by Gasteiger charge is 2.33. The van der Waals surface area contributed by atoms with Crippen LogP contribution in [0.4, 0.5) is 23.7 Å². The first-order chi connectivity index (χ1) is 10.6. The number of hydrogen-bond donors (Lipinski definition) is 3. The SMILES string of the molecule is CN(CC(=O)Nc1ccccc1C(F)(F)F)C(=O)CNC(N)=O. The van der Waals surface area contributed by atoms with E-state index in [2.05, 4.69) is 5.32 Å². The average Bonchev–Trinajstić information content (AvgIpc) is 2.43. The number of urea groups is 1.